The van der Waals surface area contributed by atoms with Crippen LogP contribution in [0, 0.1) is 11.3 Å². The number of fused-ring (bicyclic) bond motifs is 1. The summed E-state index contributed by atoms with van der Waals surface area (Å²) in [6, 6.07) is 18.5. The minimum atomic E-state index is -0.159. The van der Waals surface area contributed by atoms with Gasteiger partial charge in [0.05, 0.1) is 22.7 Å². The van der Waals surface area contributed by atoms with Crippen molar-refractivity contribution in [2.45, 2.75) is 6.54 Å². The first kappa shape index (κ1) is 13.8. The van der Waals surface area contributed by atoms with Crippen LogP contribution in [0.15, 0.2) is 60.8 Å². The molecule has 4 nitrogen and oxygen atoms in total. The SMILES string of the molecule is N#Cc1ccc(CNC(=O)c2cccc3cccnc23)cc1. The van der Waals surface area contributed by atoms with E-state index in [9.17, 15) is 4.79 Å². The van der Waals surface area contributed by atoms with Crippen LogP contribution in [0.3, 0.4) is 0 Å². The maximum atomic E-state index is 12.4. The lowest BCUT2D eigenvalue weighted by atomic mass is 10.1. The van der Waals surface area contributed by atoms with Crippen LogP contribution >= 0.6 is 0 Å². The van der Waals surface area contributed by atoms with Gasteiger partial charge >= 0.3 is 0 Å². The zero-order valence-electron chi connectivity index (χ0n) is 11.8. The quantitative estimate of drug-likeness (QED) is 0.805. The lowest BCUT2D eigenvalue weighted by Gasteiger charge is -2.07. The van der Waals surface area contributed by atoms with E-state index in [0.29, 0.717) is 23.2 Å². The van der Waals surface area contributed by atoms with Gasteiger partial charge in [-0.2, -0.15) is 5.26 Å². The highest BCUT2D eigenvalue weighted by atomic mass is 16.1. The van der Waals surface area contributed by atoms with Gasteiger partial charge in [0.25, 0.3) is 5.91 Å². The number of nitrogens with zero attached hydrogens (tertiary/aromatic N) is 2. The molecule has 1 amide bonds. The van der Waals surface area contributed by atoms with Gasteiger partial charge in [-0.1, -0.05) is 30.3 Å². The Morgan fingerprint density at radius 3 is 2.64 bits per heavy atom. The van der Waals surface area contributed by atoms with Crippen LogP contribution in [0.25, 0.3) is 10.9 Å². The van der Waals surface area contributed by atoms with Crippen molar-refractivity contribution in [1.29, 1.82) is 5.26 Å². The Hall–Kier alpha value is -3.19. The molecule has 0 aliphatic rings. The lowest BCUT2D eigenvalue weighted by molar-refractivity contribution is 0.0952. The summed E-state index contributed by atoms with van der Waals surface area (Å²) in [7, 11) is 0. The molecule has 1 aromatic heterocycles. The number of carbonyl (C=O) groups excluding carboxylic acids is 1. The average Bonchev–Trinajstić information content (AvgIpc) is 2.59. The third kappa shape index (κ3) is 2.79. The summed E-state index contributed by atoms with van der Waals surface area (Å²) in [6.45, 7) is 0.410. The summed E-state index contributed by atoms with van der Waals surface area (Å²) in [5.74, 6) is -0.159. The molecule has 0 spiro atoms. The van der Waals surface area contributed by atoms with Crippen LogP contribution in [0.1, 0.15) is 21.5 Å². The van der Waals surface area contributed by atoms with E-state index >= 15 is 0 Å². The van der Waals surface area contributed by atoms with Crippen molar-refractivity contribution in [2.24, 2.45) is 0 Å². The largest absolute Gasteiger partial charge is 0.348 e. The second-order valence-electron chi connectivity index (χ2n) is 4.87. The number of carbonyl (C=O) groups is 1. The van der Waals surface area contributed by atoms with E-state index in [-0.39, 0.29) is 5.91 Å². The third-order valence-corrected chi connectivity index (χ3v) is 3.41. The number of nitrogens with one attached hydrogen (secondary N) is 1. The minimum absolute atomic E-state index is 0.159. The Labute approximate surface area is 128 Å². The van der Waals surface area contributed by atoms with Crippen molar-refractivity contribution >= 4 is 16.8 Å². The number of hydrogen-bond donors (Lipinski definition) is 1. The van der Waals surface area contributed by atoms with Crippen LogP contribution in [0.2, 0.25) is 0 Å². The van der Waals surface area contributed by atoms with E-state index in [4.69, 9.17) is 5.26 Å². The first-order valence-corrected chi connectivity index (χ1v) is 6.89. The summed E-state index contributed by atoms with van der Waals surface area (Å²) in [4.78, 5) is 16.6. The van der Waals surface area contributed by atoms with Gasteiger partial charge in [0.2, 0.25) is 0 Å². The van der Waals surface area contributed by atoms with Gasteiger partial charge in [-0.15, -0.1) is 0 Å². The van der Waals surface area contributed by atoms with Crippen LogP contribution < -0.4 is 5.32 Å². The van der Waals surface area contributed by atoms with Crippen molar-refractivity contribution in [3.05, 3.63) is 77.5 Å². The minimum Gasteiger partial charge on any atom is -0.348 e. The number of benzene rings is 2. The van der Waals surface area contributed by atoms with Gasteiger partial charge in [-0.25, -0.2) is 0 Å². The molecule has 0 saturated heterocycles. The Balaban J connectivity index is 1.77. The predicted molar refractivity (Wildman–Crippen MR) is 84.1 cm³/mol. The zero-order chi connectivity index (χ0) is 15.4. The summed E-state index contributed by atoms with van der Waals surface area (Å²) >= 11 is 0. The second kappa shape index (κ2) is 6.06. The number of nitriles is 1. The summed E-state index contributed by atoms with van der Waals surface area (Å²) in [5, 5.41) is 12.6. The fraction of sp³-hybridized carbons (Fsp3) is 0.0556. The van der Waals surface area contributed by atoms with Crippen molar-refractivity contribution in [2.75, 3.05) is 0 Å². The molecule has 106 valence electrons. The molecule has 0 saturated carbocycles. The first-order chi connectivity index (χ1) is 10.8. The highest BCUT2D eigenvalue weighted by molar-refractivity contribution is 6.05. The van der Waals surface area contributed by atoms with Crippen molar-refractivity contribution in [1.82, 2.24) is 10.3 Å². The highest BCUT2D eigenvalue weighted by Crippen LogP contribution is 2.15. The lowest BCUT2D eigenvalue weighted by Crippen LogP contribution is -2.23. The van der Waals surface area contributed by atoms with E-state index in [1.807, 2.05) is 36.4 Å². The molecule has 0 bridgehead atoms. The van der Waals surface area contributed by atoms with Gasteiger partial charge in [-0.3, -0.25) is 9.78 Å². The van der Waals surface area contributed by atoms with E-state index in [0.717, 1.165) is 10.9 Å². The molecular formula is C18H13N3O. The van der Waals surface area contributed by atoms with Crippen molar-refractivity contribution in [3.63, 3.8) is 0 Å². The van der Waals surface area contributed by atoms with Gasteiger partial charge in [0.1, 0.15) is 0 Å². The maximum absolute atomic E-state index is 12.4. The zero-order valence-corrected chi connectivity index (χ0v) is 11.8. The van der Waals surface area contributed by atoms with Crippen molar-refractivity contribution < 1.29 is 4.79 Å². The molecule has 0 aliphatic carbocycles. The molecule has 0 radical (unpaired) electrons. The smallest absolute Gasteiger partial charge is 0.253 e. The number of aromatic nitrogens is 1. The van der Waals surface area contributed by atoms with Gasteiger partial charge < -0.3 is 5.32 Å². The fourth-order valence-corrected chi connectivity index (χ4v) is 2.26. The average molecular weight is 287 g/mol. The third-order valence-electron chi connectivity index (χ3n) is 3.41. The number of hydrogen-bond acceptors (Lipinski definition) is 3. The molecular weight excluding hydrogens is 274 g/mol. The van der Waals surface area contributed by atoms with Crippen molar-refractivity contribution in [3.8, 4) is 6.07 Å². The molecule has 3 rings (SSSR count). The van der Waals surface area contributed by atoms with Gasteiger partial charge in [-0.05, 0) is 29.8 Å². The maximum Gasteiger partial charge on any atom is 0.253 e. The second-order valence-corrected chi connectivity index (χ2v) is 4.87. The highest BCUT2D eigenvalue weighted by Gasteiger charge is 2.10. The molecule has 0 aliphatic heterocycles. The molecule has 4 heteroatoms. The number of rotatable bonds is 3. The summed E-state index contributed by atoms with van der Waals surface area (Å²) in [5.41, 5.74) is 2.81. The van der Waals surface area contributed by atoms with E-state index in [1.54, 1.807) is 24.4 Å². The topological polar surface area (TPSA) is 65.8 Å². The normalized spacial score (nSPS) is 10.1. The summed E-state index contributed by atoms with van der Waals surface area (Å²) in [6.07, 6.45) is 1.68. The van der Waals surface area contributed by atoms with Gasteiger partial charge in [0, 0.05) is 18.1 Å². The molecule has 1 N–H and O–H groups in total. The monoisotopic (exact) mass is 287 g/mol. The molecule has 0 fully saturated rings. The van der Waals surface area contributed by atoms with Crippen LogP contribution in [0.4, 0.5) is 0 Å². The van der Waals surface area contributed by atoms with E-state index in [1.165, 1.54) is 0 Å². The predicted octanol–water partition coefficient (Wildman–Crippen LogP) is 3.04. The van der Waals surface area contributed by atoms with Crippen LogP contribution in [-0.4, -0.2) is 10.9 Å². The Kier molecular flexibility index (Phi) is 3.80. The molecule has 0 atom stereocenters. The standard InChI is InChI=1S/C18H13N3O/c19-11-13-6-8-14(9-7-13)12-21-18(22)16-5-1-3-15-4-2-10-20-17(15)16/h1-10H,12H2,(H,21,22). The number of amides is 1. The number of pyridine rings is 1. The molecule has 1 heterocycles. The van der Waals surface area contributed by atoms with E-state index < -0.39 is 0 Å². The Bertz CT molecular complexity index is 858. The Morgan fingerprint density at radius 2 is 1.86 bits per heavy atom. The van der Waals surface area contributed by atoms with E-state index in [2.05, 4.69) is 16.4 Å². The van der Waals surface area contributed by atoms with Crippen LogP contribution in [0.5, 0.6) is 0 Å². The molecule has 2 aromatic carbocycles. The Morgan fingerprint density at radius 1 is 1.09 bits per heavy atom. The number of para-hydroxylation sites is 1. The van der Waals surface area contributed by atoms with Gasteiger partial charge in [0.15, 0.2) is 0 Å². The summed E-state index contributed by atoms with van der Waals surface area (Å²) < 4.78 is 0. The molecule has 3 aromatic rings. The molecule has 0 unspecified atom stereocenters. The van der Waals surface area contributed by atoms with Crippen LogP contribution in [-0.2, 0) is 6.54 Å². The first-order valence-electron chi connectivity index (χ1n) is 6.89. The fourth-order valence-electron chi connectivity index (χ4n) is 2.26. The molecule has 22 heavy (non-hydrogen) atoms.